The van der Waals surface area contributed by atoms with Crippen molar-refractivity contribution in [3.63, 3.8) is 0 Å². The fourth-order valence-electron chi connectivity index (χ4n) is 4.03. The van der Waals surface area contributed by atoms with Crippen LogP contribution < -0.4 is 14.4 Å². The second kappa shape index (κ2) is 8.78. The summed E-state index contributed by atoms with van der Waals surface area (Å²) in [7, 11) is 2.99. The minimum absolute atomic E-state index is 0.0353. The van der Waals surface area contributed by atoms with Gasteiger partial charge in [0.05, 0.1) is 25.5 Å². The van der Waals surface area contributed by atoms with Crippen molar-refractivity contribution >= 4 is 23.1 Å². The zero-order valence-electron chi connectivity index (χ0n) is 18.8. The highest BCUT2D eigenvalue weighted by molar-refractivity contribution is 6.51. The number of hydrogen-bond acceptors (Lipinski definition) is 6. The van der Waals surface area contributed by atoms with Gasteiger partial charge in [-0.2, -0.15) is 0 Å². The molecule has 0 aliphatic carbocycles. The van der Waals surface area contributed by atoms with E-state index in [2.05, 4.69) is 4.98 Å². The van der Waals surface area contributed by atoms with Crippen LogP contribution in [-0.2, 0) is 9.59 Å². The minimum Gasteiger partial charge on any atom is -0.507 e. The highest BCUT2D eigenvalue weighted by atomic mass is 16.5. The van der Waals surface area contributed by atoms with E-state index in [1.165, 1.54) is 19.1 Å². The Morgan fingerprint density at radius 2 is 1.73 bits per heavy atom. The molecule has 0 radical (unpaired) electrons. The first kappa shape index (κ1) is 22.1. The number of hydrogen-bond donors (Lipinski definition) is 1. The first-order chi connectivity index (χ1) is 15.9. The molecule has 0 bridgehead atoms. The molecule has 3 aromatic rings. The molecule has 33 heavy (non-hydrogen) atoms. The number of Topliss-reactive ketones (excluding diaryl/α,β-unsaturated/α-hetero) is 1. The number of benzene rings is 2. The topological polar surface area (TPSA) is 89.0 Å². The van der Waals surface area contributed by atoms with Crippen LogP contribution in [0.1, 0.15) is 28.4 Å². The second-order valence-corrected chi connectivity index (χ2v) is 7.71. The Morgan fingerprint density at radius 1 is 0.970 bits per heavy atom. The highest BCUT2D eigenvalue weighted by Gasteiger charge is 2.48. The van der Waals surface area contributed by atoms with E-state index in [-0.39, 0.29) is 11.3 Å². The van der Waals surface area contributed by atoms with Gasteiger partial charge in [0, 0.05) is 17.4 Å². The van der Waals surface area contributed by atoms with Crippen molar-refractivity contribution in [2.24, 2.45) is 0 Å². The van der Waals surface area contributed by atoms with Crippen LogP contribution in [0.4, 0.5) is 5.69 Å². The van der Waals surface area contributed by atoms with Crippen LogP contribution in [0.5, 0.6) is 11.5 Å². The number of aliphatic hydroxyl groups is 1. The number of rotatable bonds is 5. The smallest absolute Gasteiger partial charge is 0.300 e. The van der Waals surface area contributed by atoms with Gasteiger partial charge in [0.15, 0.2) is 11.5 Å². The van der Waals surface area contributed by atoms with Gasteiger partial charge in [-0.3, -0.25) is 19.5 Å². The van der Waals surface area contributed by atoms with Crippen molar-refractivity contribution < 1.29 is 24.2 Å². The monoisotopic (exact) mass is 444 g/mol. The molecule has 168 valence electrons. The summed E-state index contributed by atoms with van der Waals surface area (Å²) >= 11 is 0. The number of aryl methyl sites for hydroxylation is 1. The van der Waals surface area contributed by atoms with Crippen LogP contribution in [0.3, 0.4) is 0 Å². The molecule has 7 heteroatoms. The number of carbonyl (C=O) groups is 2. The average Bonchev–Trinajstić information content (AvgIpc) is 3.10. The van der Waals surface area contributed by atoms with Crippen molar-refractivity contribution in [3.8, 4) is 11.5 Å². The Kier molecular flexibility index (Phi) is 5.87. The summed E-state index contributed by atoms with van der Waals surface area (Å²) < 4.78 is 10.6. The third-order valence-corrected chi connectivity index (χ3v) is 5.90. The van der Waals surface area contributed by atoms with Gasteiger partial charge < -0.3 is 14.6 Å². The van der Waals surface area contributed by atoms with Gasteiger partial charge in [-0.1, -0.05) is 18.2 Å². The number of anilines is 1. The number of carbonyl (C=O) groups excluding carboxylic acids is 2. The quantitative estimate of drug-likeness (QED) is 0.358. The standard InChI is InChI=1S/C26H24N2O5/c1-15-8-7-10-19(16(15)2)28-23(18-9-5-6-13-27-18)22(25(30)26(28)31)24(29)17-11-12-20(32-3)21(14-17)33-4/h5-14,23,29H,1-4H3/b24-22+. The van der Waals surface area contributed by atoms with Crippen LogP contribution in [0.15, 0.2) is 66.4 Å². The van der Waals surface area contributed by atoms with Gasteiger partial charge in [-0.05, 0) is 61.4 Å². The van der Waals surface area contributed by atoms with Gasteiger partial charge in [-0.25, -0.2) is 0 Å². The van der Waals surface area contributed by atoms with Gasteiger partial charge >= 0.3 is 0 Å². The summed E-state index contributed by atoms with van der Waals surface area (Å²) in [4.78, 5) is 32.4. The Balaban J connectivity index is 1.96. The molecular formula is C26H24N2O5. The first-order valence-electron chi connectivity index (χ1n) is 10.4. The Hall–Kier alpha value is -4.13. The Morgan fingerprint density at radius 3 is 2.39 bits per heavy atom. The van der Waals surface area contributed by atoms with E-state index in [0.29, 0.717) is 28.4 Å². The first-order valence-corrected chi connectivity index (χ1v) is 10.4. The van der Waals surface area contributed by atoms with E-state index in [1.807, 2.05) is 26.0 Å². The lowest BCUT2D eigenvalue weighted by atomic mass is 9.97. The molecule has 1 fully saturated rings. The van der Waals surface area contributed by atoms with Gasteiger partial charge in [0.25, 0.3) is 11.7 Å². The number of aliphatic hydroxyl groups excluding tert-OH is 1. The van der Waals surface area contributed by atoms with Crippen LogP contribution in [0.2, 0.25) is 0 Å². The number of nitrogens with zero attached hydrogens (tertiary/aromatic N) is 2. The Labute approximate surface area is 191 Å². The lowest BCUT2D eigenvalue weighted by Crippen LogP contribution is -2.30. The molecule has 7 nitrogen and oxygen atoms in total. The lowest BCUT2D eigenvalue weighted by molar-refractivity contribution is -0.132. The van der Waals surface area contributed by atoms with Crippen molar-refractivity contribution in [2.45, 2.75) is 19.9 Å². The van der Waals surface area contributed by atoms with Crippen molar-refractivity contribution in [1.29, 1.82) is 0 Å². The van der Waals surface area contributed by atoms with E-state index >= 15 is 0 Å². The number of methoxy groups -OCH3 is 2. The molecule has 0 spiro atoms. The van der Waals surface area contributed by atoms with Crippen molar-refractivity contribution in [2.75, 3.05) is 19.1 Å². The molecule has 1 N–H and O–H groups in total. The molecule has 1 unspecified atom stereocenters. The zero-order chi connectivity index (χ0) is 23.7. The summed E-state index contributed by atoms with van der Waals surface area (Å²) in [5.74, 6) is -0.941. The molecule has 1 saturated heterocycles. The molecule has 4 rings (SSSR count). The van der Waals surface area contributed by atoms with Gasteiger partial charge in [-0.15, -0.1) is 0 Å². The lowest BCUT2D eigenvalue weighted by Gasteiger charge is -2.26. The predicted octanol–water partition coefficient (Wildman–Crippen LogP) is 4.34. The zero-order valence-corrected chi connectivity index (χ0v) is 18.8. The maximum atomic E-state index is 13.3. The molecule has 1 amide bonds. The summed E-state index contributed by atoms with van der Waals surface area (Å²) in [5.41, 5.74) is 3.21. The predicted molar refractivity (Wildman–Crippen MR) is 124 cm³/mol. The number of amides is 1. The highest BCUT2D eigenvalue weighted by Crippen LogP contribution is 2.43. The molecule has 1 atom stereocenters. The summed E-state index contributed by atoms with van der Waals surface area (Å²) in [6.07, 6.45) is 1.59. The largest absolute Gasteiger partial charge is 0.507 e. The fraction of sp³-hybridized carbons (Fsp3) is 0.192. The van der Waals surface area contributed by atoms with Gasteiger partial charge in [0.2, 0.25) is 0 Å². The minimum atomic E-state index is -0.889. The van der Waals surface area contributed by atoms with Crippen LogP contribution in [-0.4, -0.2) is 36.0 Å². The summed E-state index contributed by atoms with van der Waals surface area (Å²) in [6, 6.07) is 14.7. The van der Waals surface area contributed by atoms with Crippen LogP contribution in [0, 0.1) is 13.8 Å². The number of ether oxygens (including phenoxy) is 2. The summed E-state index contributed by atoms with van der Waals surface area (Å²) in [6.45, 7) is 3.84. The third kappa shape index (κ3) is 3.71. The molecule has 1 aromatic heterocycles. The normalized spacial score (nSPS) is 17.3. The number of ketones is 1. The fourth-order valence-corrected chi connectivity index (χ4v) is 4.03. The van der Waals surface area contributed by atoms with E-state index in [0.717, 1.165) is 11.1 Å². The van der Waals surface area contributed by atoms with E-state index < -0.39 is 17.7 Å². The molecule has 2 heterocycles. The summed E-state index contributed by atoms with van der Waals surface area (Å²) in [5, 5.41) is 11.3. The molecule has 1 aliphatic rings. The maximum Gasteiger partial charge on any atom is 0.300 e. The maximum absolute atomic E-state index is 13.3. The van der Waals surface area contributed by atoms with E-state index in [9.17, 15) is 14.7 Å². The SMILES string of the molecule is COc1ccc(/C(O)=C2\C(=O)C(=O)N(c3cccc(C)c3C)C2c2ccccn2)cc1OC. The average molecular weight is 444 g/mol. The van der Waals surface area contributed by atoms with Crippen molar-refractivity contribution in [3.05, 3.63) is 88.8 Å². The Bertz CT molecular complexity index is 1270. The van der Waals surface area contributed by atoms with Crippen LogP contribution >= 0.6 is 0 Å². The van der Waals surface area contributed by atoms with Crippen LogP contribution in [0.25, 0.3) is 5.76 Å². The molecule has 1 aliphatic heterocycles. The molecule has 0 saturated carbocycles. The molecular weight excluding hydrogens is 420 g/mol. The second-order valence-electron chi connectivity index (χ2n) is 7.71. The van der Waals surface area contributed by atoms with Gasteiger partial charge in [0.1, 0.15) is 11.8 Å². The third-order valence-electron chi connectivity index (χ3n) is 5.90. The number of aromatic nitrogens is 1. The molecule has 2 aromatic carbocycles. The van der Waals surface area contributed by atoms with Crippen molar-refractivity contribution in [1.82, 2.24) is 4.98 Å². The van der Waals surface area contributed by atoms with E-state index in [4.69, 9.17) is 9.47 Å². The number of pyridine rings is 1. The van der Waals surface area contributed by atoms with E-state index in [1.54, 1.807) is 48.7 Å².